The van der Waals surface area contributed by atoms with Crippen LogP contribution < -0.4 is 10.6 Å². The van der Waals surface area contributed by atoms with E-state index in [0.29, 0.717) is 12.3 Å². The van der Waals surface area contributed by atoms with Crippen LogP contribution in [0, 0.1) is 5.92 Å². The van der Waals surface area contributed by atoms with Crippen molar-refractivity contribution in [2.24, 2.45) is 5.92 Å². The Morgan fingerprint density at radius 2 is 2.14 bits per heavy atom. The van der Waals surface area contributed by atoms with Crippen LogP contribution in [-0.2, 0) is 4.79 Å². The molecule has 3 unspecified atom stereocenters. The van der Waals surface area contributed by atoms with Crippen LogP contribution in [0.5, 0.6) is 0 Å². The maximum Gasteiger partial charge on any atom is 0.224 e. The molecule has 0 spiro atoms. The smallest absolute Gasteiger partial charge is 0.224 e. The number of hydrogen-bond donors (Lipinski definition) is 2. The molecule has 0 bridgehead atoms. The van der Waals surface area contributed by atoms with Crippen LogP contribution in [-0.4, -0.2) is 41.2 Å². The predicted molar refractivity (Wildman–Crippen MR) is 82.7 cm³/mol. The van der Waals surface area contributed by atoms with E-state index in [9.17, 15) is 4.79 Å². The van der Waals surface area contributed by atoms with Crippen molar-refractivity contribution in [3.63, 3.8) is 0 Å². The highest BCUT2D eigenvalue weighted by atomic mass is 16.1. The summed E-state index contributed by atoms with van der Waals surface area (Å²) in [5, 5.41) is 11.1. The van der Waals surface area contributed by atoms with E-state index in [-0.39, 0.29) is 18.1 Å². The quantitative estimate of drug-likeness (QED) is 0.823. The third kappa shape index (κ3) is 2.35. The van der Waals surface area contributed by atoms with Gasteiger partial charge in [-0.1, -0.05) is 19.9 Å². The lowest BCUT2D eigenvalue weighted by atomic mass is 9.77. The number of carbonyl (C=O) groups excluding carboxylic acids is 1. The summed E-state index contributed by atoms with van der Waals surface area (Å²) in [7, 11) is 0. The number of piperidine rings is 1. The van der Waals surface area contributed by atoms with E-state index in [1.807, 2.05) is 6.20 Å². The van der Waals surface area contributed by atoms with Gasteiger partial charge in [-0.2, -0.15) is 0 Å². The SMILES string of the molecule is CCN(CC)N1C=C2CC(=O)NC(C)C2C2=CC=CNC21. The van der Waals surface area contributed by atoms with Gasteiger partial charge in [0, 0.05) is 31.2 Å². The van der Waals surface area contributed by atoms with Gasteiger partial charge in [0.05, 0.1) is 6.42 Å². The minimum absolute atomic E-state index is 0.128. The Hall–Kier alpha value is -1.75. The first-order valence-electron chi connectivity index (χ1n) is 7.81. The number of nitrogens with zero attached hydrogens (tertiary/aromatic N) is 2. The summed E-state index contributed by atoms with van der Waals surface area (Å²) in [6.07, 6.45) is 9.08. The Morgan fingerprint density at radius 1 is 1.38 bits per heavy atom. The van der Waals surface area contributed by atoms with Gasteiger partial charge in [-0.3, -0.25) is 9.80 Å². The van der Waals surface area contributed by atoms with Crippen molar-refractivity contribution in [2.45, 2.75) is 39.4 Å². The summed E-state index contributed by atoms with van der Waals surface area (Å²) in [4.78, 5) is 11.9. The molecule has 0 radical (unpaired) electrons. The highest BCUT2D eigenvalue weighted by molar-refractivity contribution is 5.81. The Bertz CT molecular complexity index is 518. The number of hydrogen-bond acceptors (Lipinski definition) is 4. The Balaban J connectivity index is 2.02. The molecular weight excluding hydrogens is 264 g/mol. The van der Waals surface area contributed by atoms with Crippen molar-refractivity contribution >= 4 is 5.91 Å². The average Bonchev–Trinajstić information content (AvgIpc) is 2.47. The summed E-state index contributed by atoms with van der Waals surface area (Å²) >= 11 is 0. The number of carbonyl (C=O) groups is 1. The number of rotatable bonds is 3. The molecule has 3 aliphatic heterocycles. The highest BCUT2D eigenvalue weighted by Gasteiger charge is 2.41. The van der Waals surface area contributed by atoms with Crippen molar-refractivity contribution in [1.82, 2.24) is 20.7 Å². The number of nitrogens with one attached hydrogen (secondary N) is 2. The van der Waals surface area contributed by atoms with Crippen LogP contribution in [0.4, 0.5) is 0 Å². The van der Waals surface area contributed by atoms with E-state index in [0.717, 1.165) is 13.1 Å². The van der Waals surface area contributed by atoms with Crippen molar-refractivity contribution < 1.29 is 4.79 Å². The molecule has 3 heterocycles. The molecule has 0 aromatic heterocycles. The summed E-state index contributed by atoms with van der Waals surface area (Å²) in [5.74, 6) is 0.430. The normalized spacial score (nSPS) is 31.0. The molecule has 2 N–H and O–H groups in total. The average molecular weight is 288 g/mol. The van der Waals surface area contributed by atoms with Gasteiger partial charge in [-0.05, 0) is 30.3 Å². The lowest BCUT2D eigenvalue weighted by molar-refractivity contribution is -0.122. The Kier molecular flexibility index (Phi) is 3.76. The van der Waals surface area contributed by atoms with Crippen molar-refractivity contribution in [3.8, 4) is 0 Å². The molecule has 0 aliphatic carbocycles. The molecule has 114 valence electrons. The zero-order chi connectivity index (χ0) is 15.0. The molecule has 1 amide bonds. The number of dihydropyridines is 1. The number of hydrazine groups is 1. The molecule has 5 heteroatoms. The van der Waals surface area contributed by atoms with E-state index in [1.54, 1.807) is 0 Å². The minimum Gasteiger partial charge on any atom is -0.367 e. The molecule has 0 saturated carbocycles. The Morgan fingerprint density at radius 3 is 2.86 bits per heavy atom. The minimum atomic E-state index is 0.128. The lowest BCUT2D eigenvalue weighted by Gasteiger charge is -2.49. The van der Waals surface area contributed by atoms with E-state index in [4.69, 9.17) is 0 Å². The van der Waals surface area contributed by atoms with Crippen LogP contribution >= 0.6 is 0 Å². The van der Waals surface area contributed by atoms with E-state index >= 15 is 0 Å². The monoisotopic (exact) mass is 288 g/mol. The second-order valence-electron chi connectivity index (χ2n) is 5.83. The largest absolute Gasteiger partial charge is 0.367 e. The molecule has 3 atom stereocenters. The van der Waals surface area contributed by atoms with E-state index < -0.39 is 0 Å². The lowest BCUT2D eigenvalue weighted by Crippen LogP contribution is -2.59. The fourth-order valence-corrected chi connectivity index (χ4v) is 3.67. The van der Waals surface area contributed by atoms with Gasteiger partial charge in [-0.15, -0.1) is 0 Å². The summed E-state index contributed by atoms with van der Waals surface area (Å²) < 4.78 is 0. The van der Waals surface area contributed by atoms with Crippen LogP contribution in [0.25, 0.3) is 0 Å². The van der Waals surface area contributed by atoms with Gasteiger partial charge in [0.25, 0.3) is 0 Å². The molecule has 1 fully saturated rings. The van der Waals surface area contributed by atoms with Crippen LogP contribution in [0.3, 0.4) is 0 Å². The molecule has 3 rings (SSSR count). The van der Waals surface area contributed by atoms with E-state index in [2.05, 4.69) is 59.8 Å². The Labute approximate surface area is 126 Å². The fraction of sp³-hybridized carbons (Fsp3) is 0.562. The third-order valence-electron chi connectivity index (χ3n) is 4.59. The van der Waals surface area contributed by atoms with Crippen LogP contribution in [0.1, 0.15) is 27.2 Å². The van der Waals surface area contributed by atoms with Gasteiger partial charge in [0.1, 0.15) is 6.17 Å². The number of fused-ring (bicyclic) bond motifs is 3. The van der Waals surface area contributed by atoms with Gasteiger partial charge < -0.3 is 10.6 Å². The van der Waals surface area contributed by atoms with Gasteiger partial charge in [-0.25, -0.2) is 5.01 Å². The van der Waals surface area contributed by atoms with Crippen LogP contribution in [0.2, 0.25) is 0 Å². The number of allylic oxidation sites excluding steroid dienone is 2. The second-order valence-corrected chi connectivity index (χ2v) is 5.83. The summed E-state index contributed by atoms with van der Waals surface area (Å²) in [6, 6.07) is 0.151. The number of amides is 1. The standard InChI is InChI=1S/C16H24N4O/c1-4-19(5-2)20-10-12-9-14(21)18-11(3)15(12)13-7-6-8-17-16(13)20/h6-8,10-11,15-17H,4-5,9H2,1-3H3,(H,18,21). The van der Waals surface area contributed by atoms with Gasteiger partial charge in [0.2, 0.25) is 5.91 Å². The zero-order valence-corrected chi connectivity index (χ0v) is 13.0. The molecule has 0 aromatic carbocycles. The molecule has 1 saturated heterocycles. The molecule has 21 heavy (non-hydrogen) atoms. The fourth-order valence-electron chi connectivity index (χ4n) is 3.67. The second kappa shape index (κ2) is 5.56. The molecular formula is C16H24N4O. The van der Waals surface area contributed by atoms with E-state index in [1.165, 1.54) is 11.1 Å². The maximum absolute atomic E-state index is 11.9. The maximum atomic E-state index is 11.9. The predicted octanol–water partition coefficient (Wildman–Crippen LogP) is 1.34. The summed E-state index contributed by atoms with van der Waals surface area (Å²) in [5.41, 5.74) is 2.56. The van der Waals surface area contributed by atoms with Crippen molar-refractivity contribution in [3.05, 3.63) is 35.7 Å². The topological polar surface area (TPSA) is 47.6 Å². The van der Waals surface area contributed by atoms with Crippen molar-refractivity contribution in [1.29, 1.82) is 0 Å². The summed E-state index contributed by atoms with van der Waals surface area (Å²) in [6.45, 7) is 8.31. The van der Waals surface area contributed by atoms with Crippen molar-refractivity contribution in [2.75, 3.05) is 13.1 Å². The zero-order valence-electron chi connectivity index (χ0n) is 13.0. The molecule has 0 aromatic rings. The van der Waals surface area contributed by atoms with Gasteiger partial charge >= 0.3 is 0 Å². The first-order chi connectivity index (χ1) is 10.2. The first-order valence-corrected chi connectivity index (χ1v) is 7.81. The first kappa shape index (κ1) is 14.2. The molecule has 3 aliphatic rings. The van der Waals surface area contributed by atoms with Crippen LogP contribution in [0.15, 0.2) is 35.7 Å². The van der Waals surface area contributed by atoms with Gasteiger partial charge in [0.15, 0.2) is 0 Å². The molecule has 5 nitrogen and oxygen atoms in total. The third-order valence-corrected chi connectivity index (χ3v) is 4.59. The highest BCUT2D eigenvalue weighted by Crippen LogP contribution is 2.38.